The number of aromatic nitrogens is 1. The minimum atomic E-state index is -0.458. The first-order valence-electron chi connectivity index (χ1n) is 9.41. The molecule has 0 unspecified atom stereocenters. The SMILES string of the molecule is Cc1ccc(C(=O)COC(=O)CCSc2nc(-c3ccccc3)ccc2C#N)cc1. The Balaban J connectivity index is 1.53. The Bertz CT molecular complexity index is 1070. The van der Waals surface area contributed by atoms with Crippen LogP contribution < -0.4 is 0 Å². The standard InChI is InChI=1S/C24H20N2O3S/c1-17-7-9-19(10-8-17)22(27)16-29-23(28)13-14-30-24-20(15-25)11-12-21(26-24)18-5-3-2-4-6-18/h2-12H,13-14,16H2,1H3. The number of hydrogen-bond acceptors (Lipinski definition) is 6. The number of aryl methyl sites for hydroxylation is 1. The van der Waals surface area contributed by atoms with Crippen molar-refractivity contribution in [1.29, 1.82) is 5.26 Å². The van der Waals surface area contributed by atoms with Crippen LogP contribution in [-0.4, -0.2) is 29.1 Å². The van der Waals surface area contributed by atoms with E-state index in [1.54, 1.807) is 18.2 Å². The first-order chi connectivity index (χ1) is 14.6. The predicted molar refractivity (Wildman–Crippen MR) is 116 cm³/mol. The van der Waals surface area contributed by atoms with Gasteiger partial charge in [-0.1, -0.05) is 60.2 Å². The molecule has 0 radical (unpaired) electrons. The summed E-state index contributed by atoms with van der Waals surface area (Å²) >= 11 is 1.32. The summed E-state index contributed by atoms with van der Waals surface area (Å²) in [5.41, 5.74) is 3.76. The topological polar surface area (TPSA) is 80.1 Å². The highest BCUT2D eigenvalue weighted by Gasteiger charge is 2.12. The maximum absolute atomic E-state index is 12.1. The molecule has 0 atom stereocenters. The number of carbonyl (C=O) groups is 2. The van der Waals surface area contributed by atoms with Crippen LogP contribution in [0.4, 0.5) is 0 Å². The highest BCUT2D eigenvalue weighted by atomic mass is 32.2. The lowest BCUT2D eigenvalue weighted by atomic mass is 10.1. The molecule has 3 aromatic rings. The Hall–Kier alpha value is -3.43. The number of esters is 1. The quantitative estimate of drug-likeness (QED) is 0.297. The maximum Gasteiger partial charge on any atom is 0.307 e. The lowest BCUT2D eigenvalue weighted by Gasteiger charge is -2.07. The van der Waals surface area contributed by atoms with E-state index in [1.165, 1.54) is 11.8 Å². The molecule has 30 heavy (non-hydrogen) atoms. The van der Waals surface area contributed by atoms with Crippen LogP contribution in [0.3, 0.4) is 0 Å². The molecule has 6 heteroatoms. The third-order valence-electron chi connectivity index (χ3n) is 4.33. The number of thioether (sulfide) groups is 1. The second-order valence-electron chi connectivity index (χ2n) is 6.58. The molecule has 0 N–H and O–H groups in total. The average Bonchev–Trinajstić information content (AvgIpc) is 2.78. The van der Waals surface area contributed by atoms with E-state index in [1.807, 2.05) is 55.5 Å². The number of pyridine rings is 1. The van der Waals surface area contributed by atoms with Gasteiger partial charge < -0.3 is 4.74 Å². The van der Waals surface area contributed by atoms with Gasteiger partial charge in [-0.2, -0.15) is 5.26 Å². The molecule has 5 nitrogen and oxygen atoms in total. The summed E-state index contributed by atoms with van der Waals surface area (Å²) in [5.74, 6) is -0.294. The van der Waals surface area contributed by atoms with Crippen molar-refractivity contribution in [2.75, 3.05) is 12.4 Å². The molecule has 2 aromatic carbocycles. The Kier molecular flexibility index (Phi) is 7.36. The van der Waals surface area contributed by atoms with Crippen molar-refractivity contribution in [1.82, 2.24) is 4.98 Å². The Labute approximate surface area is 179 Å². The molecule has 3 rings (SSSR count). The van der Waals surface area contributed by atoms with Crippen molar-refractivity contribution < 1.29 is 14.3 Å². The number of rotatable bonds is 8. The minimum Gasteiger partial charge on any atom is -0.457 e. The maximum atomic E-state index is 12.1. The van der Waals surface area contributed by atoms with Crippen molar-refractivity contribution in [2.24, 2.45) is 0 Å². The summed E-state index contributed by atoms with van der Waals surface area (Å²) in [6.45, 7) is 1.66. The zero-order chi connectivity index (χ0) is 21.3. The summed E-state index contributed by atoms with van der Waals surface area (Å²) in [4.78, 5) is 28.6. The number of Topliss-reactive ketones (excluding diaryl/α,β-unsaturated/α-hetero) is 1. The molecule has 0 amide bonds. The third-order valence-corrected chi connectivity index (χ3v) is 5.33. The molecule has 1 heterocycles. The summed E-state index contributed by atoms with van der Waals surface area (Å²) < 4.78 is 5.09. The van der Waals surface area contributed by atoms with E-state index in [-0.39, 0.29) is 18.8 Å². The van der Waals surface area contributed by atoms with E-state index >= 15 is 0 Å². The van der Waals surface area contributed by atoms with Gasteiger partial charge in [-0.25, -0.2) is 4.98 Å². The Morgan fingerprint density at radius 1 is 1.03 bits per heavy atom. The van der Waals surface area contributed by atoms with Gasteiger partial charge in [0.1, 0.15) is 11.1 Å². The molecular formula is C24H20N2O3S. The fourth-order valence-corrected chi connectivity index (χ4v) is 3.57. The molecule has 150 valence electrons. The number of benzene rings is 2. The zero-order valence-electron chi connectivity index (χ0n) is 16.5. The smallest absolute Gasteiger partial charge is 0.307 e. The van der Waals surface area contributed by atoms with Crippen LogP contribution in [0, 0.1) is 18.3 Å². The van der Waals surface area contributed by atoms with Crippen molar-refractivity contribution in [3.05, 3.63) is 83.4 Å². The molecule has 0 saturated heterocycles. The van der Waals surface area contributed by atoms with E-state index in [2.05, 4.69) is 11.1 Å². The van der Waals surface area contributed by atoms with Gasteiger partial charge in [-0.3, -0.25) is 9.59 Å². The van der Waals surface area contributed by atoms with Gasteiger partial charge in [-0.15, -0.1) is 11.8 Å². The molecular weight excluding hydrogens is 396 g/mol. The van der Waals surface area contributed by atoms with Gasteiger partial charge in [0.05, 0.1) is 17.7 Å². The monoisotopic (exact) mass is 416 g/mol. The van der Waals surface area contributed by atoms with Crippen molar-refractivity contribution in [3.8, 4) is 17.3 Å². The fourth-order valence-electron chi connectivity index (χ4n) is 2.68. The van der Waals surface area contributed by atoms with Crippen LogP contribution in [0.5, 0.6) is 0 Å². The fraction of sp³-hybridized carbons (Fsp3) is 0.167. The van der Waals surface area contributed by atoms with Crippen LogP contribution in [0.25, 0.3) is 11.3 Å². The van der Waals surface area contributed by atoms with Crippen molar-refractivity contribution >= 4 is 23.5 Å². The largest absolute Gasteiger partial charge is 0.457 e. The summed E-state index contributed by atoms with van der Waals surface area (Å²) in [7, 11) is 0. The van der Waals surface area contributed by atoms with Crippen LogP contribution in [0.15, 0.2) is 71.8 Å². The first-order valence-corrected chi connectivity index (χ1v) is 10.4. The van der Waals surface area contributed by atoms with Crippen LogP contribution in [0.1, 0.15) is 27.9 Å². The summed E-state index contributed by atoms with van der Waals surface area (Å²) in [5, 5.41) is 9.90. The average molecular weight is 417 g/mol. The van der Waals surface area contributed by atoms with Gasteiger partial charge in [-0.05, 0) is 19.1 Å². The lowest BCUT2D eigenvalue weighted by Crippen LogP contribution is -2.14. The van der Waals surface area contributed by atoms with Crippen molar-refractivity contribution in [3.63, 3.8) is 0 Å². The molecule has 0 fully saturated rings. The third kappa shape index (κ3) is 5.79. The molecule has 0 bridgehead atoms. The second-order valence-corrected chi connectivity index (χ2v) is 7.66. The van der Waals surface area contributed by atoms with Gasteiger partial charge in [0.2, 0.25) is 0 Å². The van der Waals surface area contributed by atoms with Gasteiger partial charge in [0.25, 0.3) is 0 Å². The highest BCUT2D eigenvalue weighted by Crippen LogP contribution is 2.25. The number of nitrogens with zero attached hydrogens (tertiary/aromatic N) is 2. The zero-order valence-corrected chi connectivity index (χ0v) is 17.3. The van der Waals surface area contributed by atoms with E-state index in [0.717, 1.165) is 16.8 Å². The molecule has 0 spiro atoms. The molecule has 0 saturated carbocycles. The normalized spacial score (nSPS) is 10.3. The molecule has 0 aliphatic heterocycles. The summed E-state index contributed by atoms with van der Waals surface area (Å²) in [6.07, 6.45) is 0.119. The van der Waals surface area contributed by atoms with Gasteiger partial charge >= 0.3 is 5.97 Å². The number of ether oxygens (including phenoxy) is 1. The molecule has 1 aromatic heterocycles. The van der Waals surface area contributed by atoms with Gasteiger partial charge in [0.15, 0.2) is 12.4 Å². The highest BCUT2D eigenvalue weighted by molar-refractivity contribution is 7.99. The first kappa shape index (κ1) is 21.3. The van der Waals surface area contributed by atoms with E-state index in [0.29, 0.717) is 21.9 Å². The second kappa shape index (κ2) is 10.4. The van der Waals surface area contributed by atoms with Crippen molar-refractivity contribution in [2.45, 2.75) is 18.4 Å². The lowest BCUT2D eigenvalue weighted by molar-refractivity contribution is -0.141. The van der Waals surface area contributed by atoms with E-state index < -0.39 is 5.97 Å². The number of nitriles is 1. The van der Waals surface area contributed by atoms with Crippen LogP contribution >= 0.6 is 11.8 Å². The van der Waals surface area contributed by atoms with Crippen LogP contribution in [0.2, 0.25) is 0 Å². The molecule has 0 aliphatic carbocycles. The van der Waals surface area contributed by atoms with Crippen LogP contribution in [-0.2, 0) is 9.53 Å². The Morgan fingerprint density at radius 3 is 2.47 bits per heavy atom. The minimum absolute atomic E-state index is 0.119. The van der Waals surface area contributed by atoms with Gasteiger partial charge in [0, 0.05) is 16.9 Å². The number of hydrogen-bond donors (Lipinski definition) is 0. The number of carbonyl (C=O) groups excluding carboxylic acids is 2. The molecule has 0 aliphatic rings. The Morgan fingerprint density at radius 2 is 1.77 bits per heavy atom. The van der Waals surface area contributed by atoms with E-state index in [9.17, 15) is 14.9 Å². The number of ketones is 1. The van der Waals surface area contributed by atoms with E-state index in [4.69, 9.17) is 4.74 Å². The summed E-state index contributed by atoms with van der Waals surface area (Å²) in [6, 6.07) is 22.5. The predicted octanol–water partition coefficient (Wildman–Crippen LogP) is 4.84.